The Morgan fingerprint density at radius 3 is 2.04 bits per heavy atom. The van der Waals surface area contributed by atoms with Crippen molar-refractivity contribution in [1.82, 2.24) is 4.90 Å². The van der Waals surface area contributed by atoms with Crippen LogP contribution in [0.3, 0.4) is 0 Å². The molecule has 3 nitrogen and oxygen atoms in total. The Morgan fingerprint density at radius 1 is 0.815 bits per heavy atom. The maximum atomic E-state index is 13.2. The molecule has 0 fully saturated rings. The summed E-state index contributed by atoms with van der Waals surface area (Å²) < 4.78 is 5.26. The summed E-state index contributed by atoms with van der Waals surface area (Å²) in [5.41, 5.74) is 4.82. The van der Waals surface area contributed by atoms with E-state index in [2.05, 4.69) is 18.2 Å². The van der Waals surface area contributed by atoms with Gasteiger partial charge in [-0.15, -0.1) is 0 Å². The molecule has 3 rings (SSSR count). The van der Waals surface area contributed by atoms with Crippen LogP contribution in [0.4, 0.5) is 0 Å². The molecule has 3 aromatic rings. The zero-order chi connectivity index (χ0) is 19.2. The topological polar surface area (TPSA) is 29.5 Å². The van der Waals surface area contributed by atoms with Gasteiger partial charge in [0.15, 0.2) is 0 Å². The average molecular weight is 359 g/mol. The third-order valence-corrected chi connectivity index (χ3v) is 4.81. The van der Waals surface area contributed by atoms with E-state index in [1.165, 1.54) is 0 Å². The molecule has 0 unspecified atom stereocenters. The molecule has 0 N–H and O–H groups in total. The second-order valence-electron chi connectivity index (χ2n) is 6.33. The van der Waals surface area contributed by atoms with Gasteiger partial charge in [0.25, 0.3) is 5.91 Å². The van der Waals surface area contributed by atoms with Gasteiger partial charge in [0.05, 0.1) is 7.11 Å². The number of hydrogen-bond donors (Lipinski definition) is 0. The van der Waals surface area contributed by atoms with Gasteiger partial charge in [-0.3, -0.25) is 4.79 Å². The Morgan fingerprint density at radius 2 is 1.44 bits per heavy atom. The van der Waals surface area contributed by atoms with Crippen LogP contribution < -0.4 is 4.74 Å². The number of hydrogen-bond acceptors (Lipinski definition) is 2. The molecular weight excluding hydrogens is 334 g/mol. The lowest BCUT2D eigenvalue weighted by atomic mass is 9.94. The van der Waals surface area contributed by atoms with E-state index in [-0.39, 0.29) is 5.91 Å². The first-order valence-electron chi connectivity index (χ1n) is 9.31. The molecule has 0 aliphatic heterocycles. The minimum Gasteiger partial charge on any atom is -0.497 e. The smallest absolute Gasteiger partial charge is 0.254 e. The molecule has 0 heterocycles. The summed E-state index contributed by atoms with van der Waals surface area (Å²) in [5, 5.41) is 0. The Kier molecular flexibility index (Phi) is 5.92. The minimum atomic E-state index is 0.0589. The molecule has 0 aliphatic carbocycles. The van der Waals surface area contributed by atoms with Crippen LogP contribution in [0.15, 0.2) is 72.8 Å². The molecule has 3 heteroatoms. The first-order chi connectivity index (χ1) is 13.2. The average Bonchev–Trinajstić information content (AvgIpc) is 2.75. The van der Waals surface area contributed by atoms with E-state index >= 15 is 0 Å². The fourth-order valence-corrected chi connectivity index (χ4v) is 3.23. The van der Waals surface area contributed by atoms with Crippen LogP contribution >= 0.6 is 0 Å². The fraction of sp³-hybridized carbons (Fsp3) is 0.208. The number of rotatable bonds is 6. The van der Waals surface area contributed by atoms with E-state index in [1.807, 2.05) is 73.3 Å². The molecule has 0 bridgehead atoms. The van der Waals surface area contributed by atoms with Crippen molar-refractivity contribution in [3.63, 3.8) is 0 Å². The van der Waals surface area contributed by atoms with Crippen molar-refractivity contribution in [2.45, 2.75) is 13.8 Å². The van der Waals surface area contributed by atoms with Crippen LogP contribution in [0, 0.1) is 0 Å². The molecule has 138 valence electrons. The number of nitrogens with zero attached hydrogens (tertiary/aromatic N) is 1. The normalized spacial score (nSPS) is 10.5. The van der Waals surface area contributed by atoms with Crippen molar-refractivity contribution in [2.75, 3.05) is 20.2 Å². The molecule has 0 saturated carbocycles. The van der Waals surface area contributed by atoms with Crippen LogP contribution in [-0.2, 0) is 0 Å². The van der Waals surface area contributed by atoms with Gasteiger partial charge in [0, 0.05) is 18.7 Å². The van der Waals surface area contributed by atoms with Gasteiger partial charge in [0.2, 0.25) is 0 Å². The SMILES string of the molecule is CCN(CC)C(=O)c1cc(-c2ccccc2)ccc1-c1ccc(OC)cc1. The lowest BCUT2D eigenvalue weighted by molar-refractivity contribution is 0.0774. The van der Waals surface area contributed by atoms with Crippen LogP contribution in [0.5, 0.6) is 5.75 Å². The molecule has 0 saturated heterocycles. The van der Waals surface area contributed by atoms with E-state index < -0.39 is 0 Å². The Balaban J connectivity index is 2.12. The summed E-state index contributed by atoms with van der Waals surface area (Å²) in [6, 6.07) is 24.1. The lowest BCUT2D eigenvalue weighted by Crippen LogP contribution is -2.30. The zero-order valence-corrected chi connectivity index (χ0v) is 16.1. The molecular formula is C24H25NO2. The summed E-state index contributed by atoms with van der Waals surface area (Å²) in [6.07, 6.45) is 0. The van der Waals surface area contributed by atoms with Crippen molar-refractivity contribution in [2.24, 2.45) is 0 Å². The van der Waals surface area contributed by atoms with Crippen molar-refractivity contribution in [3.05, 3.63) is 78.4 Å². The maximum Gasteiger partial charge on any atom is 0.254 e. The van der Waals surface area contributed by atoms with Gasteiger partial charge in [-0.1, -0.05) is 54.6 Å². The highest BCUT2D eigenvalue weighted by atomic mass is 16.5. The van der Waals surface area contributed by atoms with Gasteiger partial charge in [0.1, 0.15) is 5.75 Å². The Bertz CT molecular complexity index is 897. The highest BCUT2D eigenvalue weighted by molar-refractivity contribution is 6.02. The quantitative estimate of drug-likeness (QED) is 0.581. The molecule has 0 atom stereocenters. The summed E-state index contributed by atoms with van der Waals surface area (Å²) in [5.74, 6) is 0.861. The van der Waals surface area contributed by atoms with Gasteiger partial charge in [-0.2, -0.15) is 0 Å². The number of ether oxygens (including phenoxy) is 1. The van der Waals surface area contributed by atoms with Gasteiger partial charge >= 0.3 is 0 Å². The standard InChI is InChI=1S/C24H25NO2/c1-4-25(5-2)24(26)23-17-20(18-9-7-6-8-10-18)13-16-22(23)19-11-14-21(27-3)15-12-19/h6-17H,4-5H2,1-3H3. The van der Waals surface area contributed by atoms with Crippen molar-refractivity contribution < 1.29 is 9.53 Å². The monoisotopic (exact) mass is 359 g/mol. The molecule has 0 aromatic heterocycles. The summed E-state index contributed by atoms with van der Waals surface area (Å²) >= 11 is 0. The lowest BCUT2D eigenvalue weighted by Gasteiger charge is -2.21. The second-order valence-corrected chi connectivity index (χ2v) is 6.33. The van der Waals surface area contributed by atoms with Crippen molar-refractivity contribution >= 4 is 5.91 Å². The van der Waals surface area contributed by atoms with Crippen molar-refractivity contribution in [1.29, 1.82) is 0 Å². The number of carbonyl (C=O) groups is 1. The largest absolute Gasteiger partial charge is 0.497 e. The van der Waals surface area contributed by atoms with Gasteiger partial charge in [-0.05, 0) is 54.3 Å². The van der Waals surface area contributed by atoms with Gasteiger partial charge in [-0.25, -0.2) is 0 Å². The highest BCUT2D eigenvalue weighted by Crippen LogP contribution is 2.31. The predicted molar refractivity (Wildman–Crippen MR) is 111 cm³/mol. The summed E-state index contributed by atoms with van der Waals surface area (Å²) in [6.45, 7) is 5.39. The number of benzene rings is 3. The highest BCUT2D eigenvalue weighted by Gasteiger charge is 2.18. The molecule has 0 radical (unpaired) electrons. The van der Waals surface area contributed by atoms with Crippen LogP contribution in [0.25, 0.3) is 22.3 Å². The maximum absolute atomic E-state index is 13.2. The van der Waals surface area contributed by atoms with Crippen molar-refractivity contribution in [3.8, 4) is 28.0 Å². The molecule has 0 spiro atoms. The molecule has 3 aromatic carbocycles. The predicted octanol–water partition coefficient (Wildman–Crippen LogP) is 5.51. The van der Waals surface area contributed by atoms with E-state index in [1.54, 1.807) is 7.11 Å². The van der Waals surface area contributed by atoms with E-state index in [0.717, 1.165) is 33.6 Å². The zero-order valence-electron chi connectivity index (χ0n) is 16.1. The third kappa shape index (κ3) is 4.03. The fourth-order valence-electron chi connectivity index (χ4n) is 3.23. The number of carbonyl (C=O) groups excluding carboxylic acids is 1. The minimum absolute atomic E-state index is 0.0589. The first-order valence-corrected chi connectivity index (χ1v) is 9.31. The second kappa shape index (κ2) is 8.54. The Labute approximate surface area is 161 Å². The van der Waals surface area contributed by atoms with E-state index in [4.69, 9.17) is 4.74 Å². The van der Waals surface area contributed by atoms with Crippen LogP contribution in [0.2, 0.25) is 0 Å². The Hall–Kier alpha value is -3.07. The molecule has 0 aliphatic rings. The molecule has 27 heavy (non-hydrogen) atoms. The summed E-state index contributed by atoms with van der Waals surface area (Å²) in [7, 11) is 1.65. The van der Waals surface area contributed by atoms with Gasteiger partial charge < -0.3 is 9.64 Å². The first kappa shape index (κ1) is 18.7. The van der Waals surface area contributed by atoms with Crippen LogP contribution in [0.1, 0.15) is 24.2 Å². The van der Waals surface area contributed by atoms with Crippen LogP contribution in [-0.4, -0.2) is 31.0 Å². The number of amides is 1. The third-order valence-electron chi connectivity index (χ3n) is 4.81. The molecule has 1 amide bonds. The summed E-state index contributed by atoms with van der Waals surface area (Å²) in [4.78, 5) is 15.1. The number of methoxy groups -OCH3 is 1. The van der Waals surface area contributed by atoms with E-state index in [9.17, 15) is 4.79 Å². The van der Waals surface area contributed by atoms with E-state index in [0.29, 0.717) is 13.1 Å².